The van der Waals surface area contributed by atoms with Gasteiger partial charge >= 0.3 is 0 Å². The fraction of sp³-hybridized carbons (Fsp3) is 0.692. The van der Waals surface area contributed by atoms with E-state index in [-0.39, 0.29) is 11.2 Å². The summed E-state index contributed by atoms with van der Waals surface area (Å²) in [4.78, 5) is 12.3. The molecule has 1 aromatic rings. The van der Waals surface area contributed by atoms with Gasteiger partial charge in [-0.25, -0.2) is 0 Å². The molecule has 0 saturated carbocycles. The first-order chi connectivity index (χ1) is 7.90. The molecule has 17 heavy (non-hydrogen) atoms. The number of ether oxygens (including phenoxy) is 1. The second-order valence-corrected chi connectivity index (χ2v) is 5.15. The number of nitrogens with zero attached hydrogens (tertiary/aromatic N) is 2. The average Bonchev–Trinajstić information content (AvgIpc) is 2.71. The van der Waals surface area contributed by atoms with E-state index in [9.17, 15) is 4.79 Å². The summed E-state index contributed by atoms with van der Waals surface area (Å²) in [7, 11) is 0. The molecule has 0 aliphatic carbocycles. The molecule has 0 spiro atoms. The normalized spacial score (nSPS) is 13.7. The molecule has 4 heteroatoms. The lowest BCUT2D eigenvalue weighted by Gasteiger charge is -2.28. The zero-order valence-corrected chi connectivity index (χ0v) is 11.4. The quantitative estimate of drug-likeness (QED) is 0.740. The standard InChI is InChI=1S/C13H22N2O2/c1-6-15-9-10(8-14-15)11(16)12(17-7-2)13(3,4)5/h8-9,12H,6-7H2,1-5H3. The van der Waals surface area contributed by atoms with Crippen molar-refractivity contribution in [3.63, 3.8) is 0 Å². The van der Waals surface area contributed by atoms with Crippen LogP contribution in [0.2, 0.25) is 0 Å². The number of hydrogen-bond acceptors (Lipinski definition) is 3. The zero-order valence-electron chi connectivity index (χ0n) is 11.4. The maximum absolute atomic E-state index is 12.3. The van der Waals surface area contributed by atoms with Crippen molar-refractivity contribution in [1.82, 2.24) is 9.78 Å². The lowest BCUT2D eigenvalue weighted by atomic mass is 9.85. The molecule has 1 rings (SSSR count). The Hall–Kier alpha value is -1.16. The summed E-state index contributed by atoms with van der Waals surface area (Å²) in [6.07, 6.45) is 2.98. The molecule has 1 unspecified atom stereocenters. The minimum atomic E-state index is -0.415. The minimum Gasteiger partial charge on any atom is -0.370 e. The minimum absolute atomic E-state index is 0.0130. The lowest BCUT2D eigenvalue weighted by Crippen LogP contribution is -2.37. The molecule has 1 heterocycles. The second kappa shape index (κ2) is 5.45. The van der Waals surface area contributed by atoms with Crippen molar-refractivity contribution in [3.8, 4) is 0 Å². The Morgan fingerprint density at radius 2 is 2.12 bits per heavy atom. The Morgan fingerprint density at radius 3 is 2.53 bits per heavy atom. The largest absolute Gasteiger partial charge is 0.370 e. The van der Waals surface area contributed by atoms with Crippen LogP contribution in [0, 0.1) is 5.41 Å². The summed E-state index contributed by atoms with van der Waals surface area (Å²) in [6, 6.07) is 0. The monoisotopic (exact) mass is 238 g/mol. The molecule has 0 radical (unpaired) electrons. The zero-order chi connectivity index (χ0) is 13.1. The molecule has 0 aliphatic heterocycles. The first kappa shape index (κ1) is 13.9. The van der Waals surface area contributed by atoms with E-state index in [1.54, 1.807) is 17.1 Å². The van der Waals surface area contributed by atoms with E-state index in [1.165, 1.54) is 0 Å². The van der Waals surface area contributed by atoms with Crippen molar-refractivity contribution in [2.45, 2.75) is 47.3 Å². The highest BCUT2D eigenvalue weighted by Crippen LogP contribution is 2.25. The van der Waals surface area contributed by atoms with Crippen LogP contribution in [0.5, 0.6) is 0 Å². The molecule has 0 N–H and O–H groups in total. The smallest absolute Gasteiger partial charge is 0.195 e. The van der Waals surface area contributed by atoms with Gasteiger partial charge in [0.2, 0.25) is 0 Å². The Labute approximate surface area is 103 Å². The molecule has 0 saturated heterocycles. The first-order valence-corrected chi connectivity index (χ1v) is 6.08. The predicted molar refractivity (Wildman–Crippen MR) is 67.1 cm³/mol. The van der Waals surface area contributed by atoms with E-state index in [0.29, 0.717) is 12.2 Å². The Kier molecular flexibility index (Phi) is 4.46. The van der Waals surface area contributed by atoms with Gasteiger partial charge in [-0.05, 0) is 19.3 Å². The number of aromatic nitrogens is 2. The number of carbonyl (C=O) groups is 1. The van der Waals surface area contributed by atoms with Crippen molar-refractivity contribution in [2.24, 2.45) is 5.41 Å². The predicted octanol–water partition coefficient (Wildman–Crippen LogP) is 2.54. The summed E-state index contributed by atoms with van der Waals surface area (Å²) in [5, 5.41) is 4.12. The maximum atomic E-state index is 12.3. The van der Waals surface area contributed by atoms with Crippen LogP contribution in [-0.2, 0) is 11.3 Å². The van der Waals surface area contributed by atoms with Gasteiger partial charge in [0, 0.05) is 19.3 Å². The molecule has 4 nitrogen and oxygen atoms in total. The van der Waals surface area contributed by atoms with Crippen molar-refractivity contribution in [1.29, 1.82) is 0 Å². The molecule has 0 amide bonds. The van der Waals surface area contributed by atoms with Gasteiger partial charge < -0.3 is 4.74 Å². The van der Waals surface area contributed by atoms with Gasteiger partial charge in [0.15, 0.2) is 5.78 Å². The molecule has 0 aromatic carbocycles. The third kappa shape index (κ3) is 3.40. The van der Waals surface area contributed by atoms with Crippen LogP contribution in [0.1, 0.15) is 45.0 Å². The van der Waals surface area contributed by atoms with Crippen LogP contribution in [0.3, 0.4) is 0 Å². The molecule has 1 atom stereocenters. The fourth-order valence-corrected chi connectivity index (χ4v) is 1.70. The van der Waals surface area contributed by atoms with Crippen LogP contribution in [0.4, 0.5) is 0 Å². The molecule has 96 valence electrons. The van der Waals surface area contributed by atoms with E-state index in [4.69, 9.17) is 4.74 Å². The van der Waals surface area contributed by atoms with E-state index < -0.39 is 6.10 Å². The van der Waals surface area contributed by atoms with E-state index in [1.807, 2.05) is 34.6 Å². The second-order valence-electron chi connectivity index (χ2n) is 5.15. The first-order valence-electron chi connectivity index (χ1n) is 6.08. The maximum Gasteiger partial charge on any atom is 0.195 e. The molecule has 0 bridgehead atoms. The molecule has 0 fully saturated rings. The van der Waals surface area contributed by atoms with Crippen LogP contribution in [0.15, 0.2) is 12.4 Å². The van der Waals surface area contributed by atoms with E-state index in [2.05, 4.69) is 5.10 Å². The van der Waals surface area contributed by atoms with Gasteiger partial charge in [-0.2, -0.15) is 5.10 Å². The topological polar surface area (TPSA) is 44.1 Å². The molecule has 1 aromatic heterocycles. The summed E-state index contributed by atoms with van der Waals surface area (Å²) in [5.41, 5.74) is 0.418. The number of ketones is 1. The third-order valence-electron chi connectivity index (χ3n) is 2.60. The van der Waals surface area contributed by atoms with E-state index >= 15 is 0 Å². The SMILES string of the molecule is CCOC(C(=O)c1cnn(CC)c1)C(C)(C)C. The van der Waals surface area contributed by atoms with Gasteiger partial charge in [-0.15, -0.1) is 0 Å². The van der Waals surface area contributed by atoms with Gasteiger partial charge in [0.1, 0.15) is 6.10 Å². The summed E-state index contributed by atoms with van der Waals surface area (Å²) >= 11 is 0. The van der Waals surface area contributed by atoms with Crippen molar-refractivity contribution >= 4 is 5.78 Å². The van der Waals surface area contributed by atoms with Crippen LogP contribution in [-0.4, -0.2) is 28.3 Å². The molecular weight excluding hydrogens is 216 g/mol. The van der Waals surface area contributed by atoms with Crippen molar-refractivity contribution in [3.05, 3.63) is 18.0 Å². The van der Waals surface area contributed by atoms with Gasteiger partial charge in [-0.1, -0.05) is 20.8 Å². The Morgan fingerprint density at radius 1 is 1.47 bits per heavy atom. The van der Waals surface area contributed by atoms with Crippen LogP contribution < -0.4 is 0 Å². The van der Waals surface area contributed by atoms with Gasteiger partial charge in [0.05, 0.1) is 11.8 Å². The number of Topliss-reactive ketones (excluding diaryl/α,β-unsaturated/α-hetero) is 1. The molecule has 0 aliphatic rings. The number of carbonyl (C=O) groups excluding carboxylic acids is 1. The third-order valence-corrected chi connectivity index (χ3v) is 2.60. The number of hydrogen-bond donors (Lipinski definition) is 0. The van der Waals surface area contributed by atoms with Crippen LogP contribution in [0.25, 0.3) is 0 Å². The van der Waals surface area contributed by atoms with E-state index in [0.717, 1.165) is 6.54 Å². The average molecular weight is 238 g/mol. The summed E-state index contributed by atoms with van der Waals surface area (Å²) in [6.45, 7) is 11.2. The highest BCUT2D eigenvalue weighted by Gasteiger charge is 2.33. The highest BCUT2D eigenvalue weighted by molar-refractivity contribution is 5.99. The highest BCUT2D eigenvalue weighted by atomic mass is 16.5. The Bertz CT molecular complexity index is 377. The van der Waals surface area contributed by atoms with Crippen molar-refractivity contribution < 1.29 is 9.53 Å². The van der Waals surface area contributed by atoms with Gasteiger partial charge in [0.25, 0.3) is 0 Å². The van der Waals surface area contributed by atoms with Crippen molar-refractivity contribution in [2.75, 3.05) is 6.61 Å². The van der Waals surface area contributed by atoms with Gasteiger partial charge in [-0.3, -0.25) is 9.48 Å². The van der Waals surface area contributed by atoms with Crippen LogP contribution >= 0.6 is 0 Å². The number of rotatable bonds is 5. The lowest BCUT2D eigenvalue weighted by molar-refractivity contribution is -0.000225. The Balaban J connectivity index is 2.91. The fourth-order valence-electron chi connectivity index (χ4n) is 1.70. The summed E-state index contributed by atoms with van der Waals surface area (Å²) < 4.78 is 7.33. The molecular formula is C13H22N2O2. The summed E-state index contributed by atoms with van der Waals surface area (Å²) in [5.74, 6) is 0.0130. The number of aryl methyl sites for hydroxylation is 1.